The molecule has 1 aromatic heterocycles. The Morgan fingerprint density at radius 1 is 1.27 bits per heavy atom. The number of aromatic nitrogens is 1. The Morgan fingerprint density at radius 3 is 2.64 bits per heavy atom. The van der Waals surface area contributed by atoms with Crippen molar-refractivity contribution >= 4 is 28.5 Å². The van der Waals surface area contributed by atoms with Crippen LogP contribution >= 0.6 is 11.3 Å². The SMILES string of the molecule is CC(=O)/C(=N/N)C(C)=NCCc1nc(-c2ccccc2)cs1. The van der Waals surface area contributed by atoms with E-state index in [0.717, 1.165) is 22.7 Å². The molecule has 1 heterocycles. The molecule has 22 heavy (non-hydrogen) atoms. The van der Waals surface area contributed by atoms with Crippen molar-refractivity contribution in [1.82, 2.24) is 4.98 Å². The van der Waals surface area contributed by atoms with Gasteiger partial charge in [0, 0.05) is 30.8 Å². The lowest BCUT2D eigenvalue weighted by molar-refractivity contribution is -0.110. The van der Waals surface area contributed by atoms with Crippen LogP contribution in [0.5, 0.6) is 0 Å². The highest BCUT2D eigenvalue weighted by Crippen LogP contribution is 2.21. The zero-order valence-corrected chi connectivity index (χ0v) is 13.4. The molecule has 6 heteroatoms. The van der Waals surface area contributed by atoms with Crippen molar-refractivity contribution in [2.24, 2.45) is 15.9 Å². The summed E-state index contributed by atoms with van der Waals surface area (Å²) in [6.07, 6.45) is 0.727. The van der Waals surface area contributed by atoms with Crippen LogP contribution in [0.15, 0.2) is 45.8 Å². The molecule has 0 fully saturated rings. The number of benzene rings is 1. The molecule has 114 valence electrons. The maximum Gasteiger partial charge on any atom is 0.181 e. The number of rotatable bonds is 6. The Hall–Kier alpha value is -2.34. The molecule has 1 aromatic carbocycles. The van der Waals surface area contributed by atoms with Crippen molar-refractivity contribution in [1.29, 1.82) is 0 Å². The molecule has 0 spiro atoms. The van der Waals surface area contributed by atoms with Crippen LogP contribution in [0.1, 0.15) is 18.9 Å². The fraction of sp³-hybridized carbons (Fsp3) is 0.250. The Kier molecular flexibility index (Phi) is 5.55. The number of ketones is 1. The number of carbonyl (C=O) groups is 1. The molecule has 0 saturated heterocycles. The first-order valence-electron chi connectivity index (χ1n) is 6.92. The Bertz CT molecular complexity index is 704. The number of hydrazone groups is 1. The maximum atomic E-state index is 11.3. The van der Waals surface area contributed by atoms with Gasteiger partial charge in [-0.05, 0) is 6.92 Å². The second-order valence-corrected chi connectivity index (χ2v) is 5.69. The van der Waals surface area contributed by atoms with Crippen LogP contribution in [-0.2, 0) is 11.2 Å². The molecule has 2 N–H and O–H groups in total. The second-order valence-electron chi connectivity index (χ2n) is 4.74. The highest BCUT2D eigenvalue weighted by atomic mass is 32.1. The molecule has 0 aliphatic heterocycles. The fourth-order valence-corrected chi connectivity index (χ4v) is 2.80. The molecular formula is C16H18N4OS. The molecule has 0 bridgehead atoms. The fourth-order valence-electron chi connectivity index (χ4n) is 2.00. The topological polar surface area (TPSA) is 80.7 Å². The predicted molar refractivity (Wildman–Crippen MR) is 91.5 cm³/mol. The lowest BCUT2D eigenvalue weighted by Crippen LogP contribution is -2.21. The molecule has 2 aromatic rings. The van der Waals surface area contributed by atoms with Crippen LogP contribution in [-0.4, -0.2) is 28.7 Å². The van der Waals surface area contributed by atoms with E-state index in [0.29, 0.717) is 12.3 Å². The summed E-state index contributed by atoms with van der Waals surface area (Å²) in [6, 6.07) is 10.1. The number of nitrogens with two attached hydrogens (primary N) is 1. The Balaban J connectivity index is 1.99. The molecule has 0 radical (unpaired) electrons. The van der Waals surface area contributed by atoms with Gasteiger partial charge in [0.1, 0.15) is 5.71 Å². The van der Waals surface area contributed by atoms with E-state index in [4.69, 9.17) is 5.84 Å². The van der Waals surface area contributed by atoms with Crippen LogP contribution in [0.3, 0.4) is 0 Å². The maximum absolute atomic E-state index is 11.3. The summed E-state index contributed by atoms with van der Waals surface area (Å²) < 4.78 is 0. The van der Waals surface area contributed by atoms with Crippen LogP contribution in [0.2, 0.25) is 0 Å². The van der Waals surface area contributed by atoms with Gasteiger partial charge in [-0.3, -0.25) is 9.79 Å². The number of hydrogen-bond acceptors (Lipinski definition) is 6. The average molecular weight is 314 g/mol. The number of Topliss-reactive ketones (excluding diaryl/α,β-unsaturated/α-hetero) is 1. The van der Waals surface area contributed by atoms with E-state index in [-0.39, 0.29) is 11.5 Å². The van der Waals surface area contributed by atoms with Crippen LogP contribution < -0.4 is 5.84 Å². The largest absolute Gasteiger partial charge is 0.323 e. The van der Waals surface area contributed by atoms with E-state index in [9.17, 15) is 4.79 Å². The van der Waals surface area contributed by atoms with Gasteiger partial charge < -0.3 is 5.84 Å². The summed E-state index contributed by atoms with van der Waals surface area (Å²) in [7, 11) is 0. The first kappa shape index (κ1) is 16.0. The molecule has 2 rings (SSSR count). The zero-order chi connectivity index (χ0) is 15.9. The highest BCUT2D eigenvalue weighted by Gasteiger charge is 2.09. The minimum atomic E-state index is -0.177. The first-order chi connectivity index (χ1) is 10.6. The zero-order valence-electron chi connectivity index (χ0n) is 12.6. The van der Waals surface area contributed by atoms with Crippen molar-refractivity contribution in [3.8, 4) is 11.3 Å². The number of thiazole rings is 1. The van der Waals surface area contributed by atoms with Gasteiger partial charge in [0.25, 0.3) is 0 Å². The number of carbonyl (C=O) groups excluding carboxylic acids is 1. The summed E-state index contributed by atoms with van der Waals surface area (Å²) >= 11 is 1.61. The van der Waals surface area contributed by atoms with Gasteiger partial charge in [-0.25, -0.2) is 4.98 Å². The van der Waals surface area contributed by atoms with E-state index >= 15 is 0 Å². The van der Waals surface area contributed by atoms with Gasteiger partial charge in [-0.2, -0.15) is 5.10 Å². The Morgan fingerprint density at radius 2 is 2.00 bits per heavy atom. The van der Waals surface area contributed by atoms with Crippen molar-refractivity contribution in [3.63, 3.8) is 0 Å². The standard InChI is InChI=1S/C16H18N4OS/c1-11(16(20-17)12(2)21)18-9-8-15-19-14(10-22-15)13-6-4-3-5-7-13/h3-7,10H,8-9,17H2,1-2H3/b18-11?,20-16+. The predicted octanol–water partition coefficient (Wildman–Crippen LogP) is 2.72. The molecule has 0 unspecified atom stereocenters. The smallest absolute Gasteiger partial charge is 0.181 e. The van der Waals surface area contributed by atoms with E-state index in [1.165, 1.54) is 6.92 Å². The van der Waals surface area contributed by atoms with Crippen molar-refractivity contribution in [2.45, 2.75) is 20.3 Å². The van der Waals surface area contributed by atoms with E-state index in [2.05, 4.69) is 15.1 Å². The summed E-state index contributed by atoms with van der Waals surface area (Å²) in [4.78, 5) is 20.3. The first-order valence-corrected chi connectivity index (χ1v) is 7.80. The number of hydrogen-bond donors (Lipinski definition) is 1. The summed E-state index contributed by atoms with van der Waals surface area (Å²) in [5, 5.41) is 6.54. The van der Waals surface area contributed by atoms with Crippen molar-refractivity contribution in [3.05, 3.63) is 40.7 Å². The van der Waals surface area contributed by atoms with E-state index in [1.54, 1.807) is 18.3 Å². The lowest BCUT2D eigenvalue weighted by atomic mass is 10.2. The molecule has 0 amide bonds. The number of aliphatic imine (C=N–C) groups is 1. The van der Waals surface area contributed by atoms with E-state index in [1.807, 2.05) is 35.7 Å². The highest BCUT2D eigenvalue weighted by molar-refractivity contribution is 7.09. The van der Waals surface area contributed by atoms with Gasteiger partial charge in [0.05, 0.1) is 16.4 Å². The average Bonchev–Trinajstić information content (AvgIpc) is 2.97. The molecule has 5 nitrogen and oxygen atoms in total. The van der Waals surface area contributed by atoms with Crippen LogP contribution in [0.4, 0.5) is 0 Å². The van der Waals surface area contributed by atoms with Gasteiger partial charge in [-0.15, -0.1) is 11.3 Å². The van der Waals surface area contributed by atoms with Crippen LogP contribution in [0, 0.1) is 0 Å². The van der Waals surface area contributed by atoms with Gasteiger partial charge in [0.15, 0.2) is 5.78 Å². The molecule has 0 aliphatic carbocycles. The summed E-state index contributed by atoms with van der Waals surface area (Å²) in [5.41, 5.74) is 2.88. The third kappa shape index (κ3) is 4.08. The minimum absolute atomic E-state index is 0.177. The van der Waals surface area contributed by atoms with Crippen molar-refractivity contribution < 1.29 is 4.79 Å². The van der Waals surface area contributed by atoms with Gasteiger partial charge in [-0.1, -0.05) is 30.3 Å². The van der Waals surface area contributed by atoms with Crippen molar-refractivity contribution in [2.75, 3.05) is 6.54 Å². The third-order valence-electron chi connectivity index (χ3n) is 3.10. The molecule has 0 aliphatic rings. The molecule has 0 saturated carbocycles. The normalized spacial score (nSPS) is 12.5. The van der Waals surface area contributed by atoms with Gasteiger partial charge in [0.2, 0.25) is 0 Å². The summed E-state index contributed by atoms with van der Waals surface area (Å²) in [5.74, 6) is 5.02. The van der Waals surface area contributed by atoms with E-state index < -0.39 is 0 Å². The number of nitrogens with zero attached hydrogens (tertiary/aromatic N) is 3. The lowest BCUT2D eigenvalue weighted by Gasteiger charge is -2.00. The Labute approximate surface area is 133 Å². The van der Waals surface area contributed by atoms with Gasteiger partial charge >= 0.3 is 0 Å². The van der Waals surface area contributed by atoms with Crippen LogP contribution in [0.25, 0.3) is 11.3 Å². The second kappa shape index (κ2) is 7.61. The monoisotopic (exact) mass is 314 g/mol. The quantitative estimate of drug-likeness (QED) is 0.505. The summed E-state index contributed by atoms with van der Waals surface area (Å²) in [6.45, 7) is 3.72. The third-order valence-corrected chi connectivity index (χ3v) is 4.01. The molecular weight excluding hydrogens is 296 g/mol. The molecule has 0 atom stereocenters. The minimum Gasteiger partial charge on any atom is -0.323 e.